The van der Waals surface area contributed by atoms with Gasteiger partial charge in [-0.1, -0.05) is 12.8 Å². The van der Waals surface area contributed by atoms with Gasteiger partial charge in [0, 0.05) is 19.7 Å². The molecule has 1 aromatic carbocycles. The van der Waals surface area contributed by atoms with Crippen LogP contribution in [0.1, 0.15) is 54.1 Å². The van der Waals surface area contributed by atoms with Gasteiger partial charge in [0.1, 0.15) is 0 Å². The van der Waals surface area contributed by atoms with Crippen LogP contribution in [-0.4, -0.2) is 30.5 Å². The maximum absolute atomic E-state index is 13.2. The summed E-state index contributed by atoms with van der Waals surface area (Å²) in [5.74, 6) is 0. The van der Waals surface area contributed by atoms with Gasteiger partial charge in [0.05, 0.1) is 35.1 Å². The Kier molecular flexibility index (Phi) is 4.60. The number of aliphatic hydroxyl groups excluding tert-OH is 1. The van der Waals surface area contributed by atoms with E-state index in [0.29, 0.717) is 11.8 Å². The van der Waals surface area contributed by atoms with Crippen LogP contribution in [0, 0.1) is 13.8 Å². The average Bonchev–Trinajstić information content (AvgIpc) is 3.06. The minimum absolute atomic E-state index is 0.0590. The van der Waals surface area contributed by atoms with Gasteiger partial charge in [0.25, 0.3) is 5.56 Å². The number of benzene rings is 1. The Morgan fingerprint density at radius 2 is 2.00 bits per heavy atom. The molecule has 3 aromatic rings. The van der Waals surface area contributed by atoms with E-state index in [1.54, 1.807) is 15.6 Å². The van der Waals surface area contributed by atoms with Gasteiger partial charge in [0.2, 0.25) is 0 Å². The molecule has 1 fully saturated rings. The summed E-state index contributed by atoms with van der Waals surface area (Å²) in [6.07, 6.45) is 7.36. The highest BCUT2D eigenvalue weighted by Gasteiger charge is 2.26. The SMILES string of the molecule is Cc1c(Cc2ccn(C)n2)cc2c(=O)n([C@H]3CCCC[C@@H]3O)cnc2c1C. The third kappa shape index (κ3) is 3.18. The van der Waals surface area contributed by atoms with E-state index < -0.39 is 6.10 Å². The minimum Gasteiger partial charge on any atom is -0.391 e. The van der Waals surface area contributed by atoms with Crippen molar-refractivity contribution in [2.75, 3.05) is 0 Å². The number of aryl methyl sites for hydroxylation is 2. The van der Waals surface area contributed by atoms with E-state index >= 15 is 0 Å². The van der Waals surface area contributed by atoms with Crippen LogP contribution < -0.4 is 5.56 Å². The molecule has 0 spiro atoms. The Labute approximate surface area is 158 Å². The van der Waals surface area contributed by atoms with E-state index in [-0.39, 0.29) is 11.6 Å². The Hall–Kier alpha value is -2.47. The molecule has 6 nitrogen and oxygen atoms in total. The van der Waals surface area contributed by atoms with Gasteiger partial charge in [0.15, 0.2) is 0 Å². The normalized spacial score (nSPS) is 20.3. The zero-order valence-electron chi connectivity index (χ0n) is 16.1. The molecule has 0 saturated heterocycles. The second-order valence-corrected chi connectivity index (χ2v) is 7.72. The standard InChI is InChI=1S/C21H26N4O2/c1-13-14(2)20-17(11-15(13)10-16-8-9-24(3)23-16)21(27)25(12-22-20)18-6-4-5-7-19(18)26/h8-9,11-12,18-19,26H,4-7,10H2,1-3H3/t18-,19-/m0/s1. The average molecular weight is 366 g/mol. The number of rotatable bonds is 3. The van der Waals surface area contributed by atoms with Crippen molar-refractivity contribution in [3.8, 4) is 0 Å². The molecule has 4 rings (SSSR count). The molecular formula is C21H26N4O2. The van der Waals surface area contributed by atoms with Crippen molar-refractivity contribution in [3.05, 3.63) is 57.4 Å². The van der Waals surface area contributed by atoms with Gasteiger partial charge in [-0.25, -0.2) is 4.98 Å². The van der Waals surface area contributed by atoms with Gasteiger partial charge in [-0.05, 0) is 55.5 Å². The fraction of sp³-hybridized carbons (Fsp3) is 0.476. The van der Waals surface area contributed by atoms with E-state index in [0.717, 1.165) is 53.6 Å². The molecular weight excluding hydrogens is 340 g/mol. The van der Waals surface area contributed by atoms with Gasteiger partial charge < -0.3 is 5.11 Å². The molecule has 1 aliphatic carbocycles. The molecule has 0 unspecified atom stereocenters. The van der Waals surface area contributed by atoms with Crippen molar-refractivity contribution in [3.63, 3.8) is 0 Å². The van der Waals surface area contributed by atoms with Crippen LogP contribution in [0.3, 0.4) is 0 Å². The van der Waals surface area contributed by atoms with Gasteiger partial charge in [-0.3, -0.25) is 14.0 Å². The molecule has 0 amide bonds. The molecule has 2 atom stereocenters. The zero-order chi connectivity index (χ0) is 19.1. The van der Waals surface area contributed by atoms with Crippen molar-refractivity contribution >= 4 is 10.9 Å². The van der Waals surface area contributed by atoms with Gasteiger partial charge >= 0.3 is 0 Å². The number of fused-ring (bicyclic) bond motifs is 1. The van der Waals surface area contributed by atoms with Crippen LogP contribution in [0.4, 0.5) is 0 Å². The predicted octanol–water partition coefficient (Wildman–Crippen LogP) is 2.81. The topological polar surface area (TPSA) is 72.9 Å². The summed E-state index contributed by atoms with van der Waals surface area (Å²) in [6, 6.07) is 3.79. The highest BCUT2D eigenvalue weighted by atomic mass is 16.3. The number of aromatic nitrogens is 4. The summed E-state index contributed by atoms with van der Waals surface area (Å²) in [5, 5.41) is 15.5. The van der Waals surface area contributed by atoms with E-state index in [4.69, 9.17) is 0 Å². The highest BCUT2D eigenvalue weighted by molar-refractivity contribution is 5.83. The Morgan fingerprint density at radius 1 is 1.22 bits per heavy atom. The molecule has 6 heteroatoms. The lowest BCUT2D eigenvalue weighted by Gasteiger charge is -2.29. The van der Waals surface area contributed by atoms with Gasteiger partial charge in [-0.15, -0.1) is 0 Å². The fourth-order valence-electron chi connectivity index (χ4n) is 4.20. The molecule has 1 N–H and O–H groups in total. The van der Waals surface area contributed by atoms with Crippen molar-refractivity contribution in [1.29, 1.82) is 0 Å². The third-order valence-electron chi connectivity index (χ3n) is 5.94. The first-order valence-electron chi connectivity index (χ1n) is 9.62. The quantitative estimate of drug-likeness (QED) is 0.774. The Morgan fingerprint density at radius 3 is 2.70 bits per heavy atom. The summed E-state index contributed by atoms with van der Waals surface area (Å²) in [6.45, 7) is 4.09. The molecule has 0 radical (unpaired) electrons. The summed E-state index contributed by atoms with van der Waals surface area (Å²) >= 11 is 0. The van der Waals surface area contributed by atoms with E-state index in [2.05, 4.69) is 17.0 Å². The second-order valence-electron chi connectivity index (χ2n) is 7.72. The van der Waals surface area contributed by atoms with Crippen LogP contribution in [0.2, 0.25) is 0 Å². The largest absolute Gasteiger partial charge is 0.391 e. The number of aliphatic hydroxyl groups is 1. The minimum atomic E-state index is -0.477. The third-order valence-corrected chi connectivity index (χ3v) is 5.94. The smallest absolute Gasteiger partial charge is 0.261 e. The summed E-state index contributed by atoms with van der Waals surface area (Å²) < 4.78 is 3.43. The van der Waals surface area contributed by atoms with Crippen molar-refractivity contribution in [1.82, 2.24) is 19.3 Å². The second kappa shape index (κ2) is 6.93. The van der Waals surface area contributed by atoms with Crippen LogP contribution in [0.15, 0.2) is 29.5 Å². The van der Waals surface area contributed by atoms with Crippen molar-refractivity contribution < 1.29 is 5.11 Å². The lowest BCUT2D eigenvalue weighted by atomic mass is 9.92. The maximum atomic E-state index is 13.2. The lowest BCUT2D eigenvalue weighted by Crippen LogP contribution is -2.34. The summed E-state index contributed by atoms with van der Waals surface area (Å²) in [7, 11) is 1.90. The first-order chi connectivity index (χ1) is 13.0. The molecule has 0 bridgehead atoms. The fourth-order valence-corrected chi connectivity index (χ4v) is 4.20. The van der Waals surface area contributed by atoms with Crippen molar-refractivity contribution in [2.45, 2.75) is 58.1 Å². The first kappa shape index (κ1) is 17.9. The highest BCUT2D eigenvalue weighted by Crippen LogP contribution is 2.29. The van der Waals surface area contributed by atoms with E-state index in [1.165, 1.54) is 0 Å². The molecule has 2 heterocycles. The Bertz CT molecular complexity index is 1050. The molecule has 2 aromatic heterocycles. The van der Waals surface area contributed by atoms with Crippen molar-refractivity contribution in [2.24, 2.45) is 7.05 Å². The number of hydrogen-bond acceptors (Lipinski definition) is 4. The number of hydrogen-bond donors (Lipinski definition) is 1. The van der Waals surface area contributed by atoms with Crippen LogP contribution in [0.25, 0.3) is 10.9 Å². The first-order valence-corrected chi connectivity index (χ1v) is 9.62. The van der Waals surface area contributed by atoms with Crippen LogP contribution in [-0.2, 0) is 13.5 Å². The van der Waals surface area contributed by atoms with Crippen LogP contribution in [0.5, 0.6) is 0 Å². The predicted molar refractivity (Wildman–Crippen MR) is 105 cm³/mol. The summed E-state index contributed by atoms with van der Waals surface area (Å²) in [4.78, 5) is 17.8. The molecule has 1 saturated carbocycles. The summed E-state index contributed by atoms with van der Waals surface area (Å²) in [5.41, 5.74) is 4.95. The van der Waals surface area contributed by atoms with Gasteiger partial charge in [-0.2, -0.15) is 5.10 Å². The van der Waals surface area contributed by atoms with E-state index in [9.17, 15) is 9.90 Å². The molecule has 27 heavy (non-hydrogen) atoms. The zero-order valence-corrected chi connectivity index (χ0v) is 16.1. The number of nitrogens with zero attached hydrogens (tertiary/aromatic N) is 4. The monoisotopic (exact) mass is 366 g/mol. The van der Waals surface area contributed by atoms with Crippen LogP contribution >= 0.6 is 0 Å². The Balaban J connectivity index is 1.83. The van der Waals surface area contributed by atoms with E-state index in [1.807, 2.05) is 32.3 Å². The maximum Gasteiger partial charge on any atom is 0.261 e. The molecule has 142 valence electrons. The lowest BCUT2D eigenvalue weighted by molar-refractivity contribution is 0.0735. The molecule has 1 aliphatic rings. The molecule has 0 aliphatic heterocycles.